The second-order valence-corrected chi connectivity index (χ2v) is 7.27. The number of anilines is 1. The van der Waals surface area contributed by atoms with Crippen LogP contribution >= 0.6 is 0 Å². The minimum absolute atomic E-state index is 0.0125. The molecule has 2 aromatic carbocycles. The number of amides is 2. The molecule has 0 unspecified atom stereocenters. The summed E-state index contributed by atoms with van der Waals surface area (Å²) in [6.45, 7) is 0. The van der Waals surface area contributed by atoms with Gasteiger partial charge >= 0.3 is 0 Å². The van der Waals surface area contributed by atoms with E-state index in [1.165, 1.54) is 4.90 Å². The van der Waals surface area contributed by atoms with Gasteiger partial charge in [0.05, 0.1) is 17.5 Å². The predicted molar refractivity (Wildman–Crippen MR) is 96.7 cm³/mol. The van der Waals surface area contributed by atoms with Crippen molar-refractivity contribution in [3.8, 4) is 11.1 Å². The molecule has 4 aliphatic rings. The maximum Gasteiger partial charge on any atom is 0.238 e. The smallest absolute Gasteiger partial charge is 0.238 e. The van der Waals surface area contributed by atoms with Crippen LogP contribution < -0.4 is 4.90 Å². The van der Waals surface area contributed by atoms with Gasteiger partial charge in [-0.1, -0.05) is 54.6 Å². The number of hydrogen-bond donors (Lipinski definition) is 0. The molecule has 2 amide bonds. The molecular weight excluding hydrogens is 310 g/mol. The van der Waals surface area contributed by atoms with Crippen LogP contribution in [0.25, 0.3) is 11.1 Å². The summed E-state index contributed by atoms with van der Waals surface area (Å²) in [4.78, 5) is 27.4. The summed E-state index contributed by atoms with van der Waals surface area (Å²) in [5.74, 6) is 0.151. The molecule has 25 heavy (non-hydrogen) atoms. The van der Waals surface area contributed by atoms with E-state index in [9.17, 15) is 9.59 Å². The Morgan fingerprint density at radius 1 is 0.680 bits per heavy atom. The number of rotatable bonds is 2. The van der Waals surface area contributed by atoms with Crippen molar-refractivity contribution in [3.63, 3.8) is 0 Å². The number of fused-ring (bicyclic) bond motifs is 1. The Labute approximate surface area is 147 Å². The predicted octanol–water partition coefficient (Wildman–Crippen LogP) is 4.06. The van der Waals surface area contributed by atoms with Crippen LogP contribution in [0.4, 0.5) is 5.69 Å². The molecule has 3 aliphatic carbocycles. The molecular formula is C22H19NO2. The van der Waals surface area contributed by atoms with E-state index >= 15 is 0 Å². The van der Waals surface area contributed by atoms with E-state index in [-0.39, 0.29) is 35.5 Å². The summed E-state index contributed by atoms with van der Waals surface area (Å²) in [7, 11) is 0. The summed E-state index contributed by atoms with van der Waals surface area (Å²) < 4.78 is 0. The topological polar surface area (TPSA) is 37.4 Å². The Kier molecular flexibility index (Phi) is 3.17. The Bertz CT molecular complexity index is 837. The molecule has 2 bridgehead atoms. The van der Waals surface area contributed by atoms with Crippen LogP contribution in [0.2, 0.25) is 0 Å². The zero-order chi connectivity index (χ0) is 17.0. The fourth-order valence-electron chi connectivity index (χ4n) is 4.76. The molecule has 0 aromatic heterocycles. The van der Waals surface area contributed by atoms with E-state index in [0.717, 1.165) is 24.0 Å². The molecule has 2 fully saturated rings. The molecule has 1 aliphatic heterocycles. The number of carbonyl (C=O) groups is 2. The zero-order valence-electron chi connectivity index (χ0n) is 13.8. The lowest BCUT2D eigenvalue weighted by molar-refractivity contribution is -0.124. The van der Waals surface area contributed by atoms with E-state index < -0.39 is 0 Å². The first-order valence-corrected chi connectivity index (χ1v) is 8.95. The molecule has 0 radical (unpaired) electrons. The molecule has 3 heteroatoms. The van der Waals surface area contributed by atoms with Crippen LogP contribution in [0.5, 0.6) is 0 Å². The SMILES string of the molecule is O=C1[C@@H]2[C@@H](C(=O)N1c1ccc(-c3ccccc3)cc1)[C@@H]1C=C[C@@H]2CC1. The van der Waals surface area contributed by atoms with Crippen LogP contribution in [-0.4, -0.2) is 11.8 Å². The van der Waals surface area contributed by atoms with Crippen LogP contribution in [0, 0.1) is 23.7 Å². The molecule has 2 aromatic rings. The first kappa shape index (κ1) is 14.6. The Balaban J connectivity index is 1.48. The third-order valence-electron chi connectivity index (χ3n) is 5.99. The Morgan fingerprint density at radius 3 is 1.72 bits per heavy atom. The van der Waals surface area contributed by atoms with Gasteiger partial charge in [-0.05, 0) is 47.9 Å². The lowest BCUT2D eigenvalue weighted by Crippen LogP contribution is -2.38. The quantitative estimate of drug-likeness (QED) is 0.615. The van der Waals surface area contributed by atoms with Crippen molar-refractivity contribution < 1.29 is 9.59 Å². The number of nitrogens with zero attached hydrogens (tertiary/aromatic N) is 1. The van der Waals surface area contributed by atoms with Crippen LogP contribution in [0.1, 0.15) is 12.8 Å². The van der Waals surface area contributed by atoms with Gasteiger partial charge in [0.15, 0.2) is 0 Å². The van der Waals surface area contributed by atoms with E-state index in [1.807, 2.05) is 42.5 Å². The first-order valence-electron chi connectivity index (χ1n) is 8.95. The number of carbonyl (C=O) groups excluding carboxylic acids is 2. The van der Waals surface area contributed by atoms with Crippen molar-refractivity contribution in [2.75, 3.05) is 4.90 Å². The van der Waals surface area contributed by atoms with Gasteiger partial charge in [-0.15, -0.1) is 0 Å². The fraction of sp³-hybridized carbons (Fsp3) is 0.273. The normalized spacial score (nSPS) is 30.0. The monoisotopic (exact) mass is 329 g/mol. The van der Waals surface area contributed by atoms with Gasteiger partial charge in [0.25, 0.3) is 0 Å². The van der Waals surface area contributed by atoms with Crippen molar-refractivity contribution in [3.05, 3.63) is 66.7 Å². The highest BCUT2D eigenvalue weighted by atomic mass is 16.2. The maximum atomic E-state index is 13.0. The average molecular weight is 329 g/mol. The highest BCUT2D eigenvalue weighted by Gasteiger charge is 2.56. The second-order valence-electron chi connectivity index (χ2n) is 7.27. The van der Waals surface area contributed by atoms with Gasteiger partial charge in [-0.3, -0.25) is 14.5 Å². The van der Waals surface area contributed by atoms with Crippen molar-refractivity contribution in [1.29, 1.82) is 0 Å². The largest absolute Gasteiger partial charge is 0.274 e. The van der Waals surface area contributed by atoms with Crippen LogP contribution in [-0.2, 0) is 9.59 Å². The van der Waals surface area contributed by atoms with Gasteiger partial charge in [-0.25, -0.2) is 0 Å². The minimum atomic E-state index is -0.148. The lowest BCUT2D eigenvalue weighted by atomic mass is 9.63. The molecule has 3 nitrogen and oxygen atoms in total. The highest BCUT2D eigenvalue weighted by molar-refractivity contribution is 6.22. The summed E-state index contributed by atoms with van der Waals surface area (Å²) in [5.41, 5.74) is 2.91. The van der Waals surface area contributed by atoms with Crippen molar-refractivity contribution in [2.24, 2.45) is 23.7 Å². The summed E-state index contributed by atoms with van der Waals surface area (Å²) in [6, 6.07) is 17.9. The first-order chi connectivity index (χ1) is 12.2. The lowest BCUT2D eigenvalue weighted by Gasteiger charge is -2.38. The van der Waals surface area contributed by atoms with Gasteiger partial charge in [0.2, 0.25) is 11.8 Å². The standard InChI is InChI=1S/C22H19NO2/c24-21-19-16-6-7-17(9-8-16)20(19)22(25)23(21)18-12-10-15(11-13-18)14-4-2-1-3-5-14/h1-7,10-13,16-17,19-20H,8-9H2/t16-,17-,19+,20+/m1/s1. The van der Waals surface area contributed by atoms with E-state index in [4.69, 9.17) is 0 Å². The van der Waals surface area contributed by atoms with Gasteiger partial charge in [0, 0.05) is 0 Å². The van der Waals surface area contributed by atoms with E-state index in [2.05, 4.69) is 24.3 Å². The maximum absolute atomic E-state index is 13.0. The number of benzene rings is 2. The van der Waals surface area contributed by atoms with Gasteiger partial charge < -0.3 is 0 Å². The molecule has 6 rings (SSSR count). The number of hydrogen-bond acceptors (Lipinski definition) is 2. The number of imide groups is 1. The summed E-state index contributed by atoms with van der Waals surface area (Å²) >= 11 is 0. The second kappa shape index (κ2) is 5.41. The van der Waals surface area contributed by atoms with Crippen molar-refractivity contribution in [1.82, 2.24) is 0 Å². The van der Waals surface area contributed by atoms with E-state index in [0.29, 0.717) is 5.69 Å². The molecule has 1 saturated carbocycles. The molecule has 0 spiro atoms. The molecule has 1 saturated heterocycles. The van der Waals surface area contributed by atoms with Gasteiger partial charge in [-0.2, -0.15) is 0 Å². The van der Waals surface area contributed by atoms with E-state index in [1.54, 1.807) is 0 Å². The molecule has 124 valence electrons. The van der Waals surface area contributed by atoms with Crippen LogP contribution in [0.15, 0.2) is 66.7 Å². The van der Waals surface area contributed by atoms with Crippen LogP contribution in [0.3, 0.4) is 0 Å². The number of allylic oxidation sites excluding steroid dienone is 2. The average Bonchev–Trinajstić information content (AvgIpc) is 2.97. The van der Waals surface area contributed by atoms with Gasteiger partial charge in [0.1, 0.15) is 0 Å². The zero-order valence-corrected chi connectivity index (χ0v) is 13.8. The molecule has 0 N–H and O–H groups in total. The molecule has 1 heterocycles. The van der Waals surface area contributed by atoms with Crippen molar-refractivity contribution in [2.45, 2.75) is 12.8 Å². The summed E-state index contributed by atoms with van der Waals surface area (Å²) in [6.07, 6.45) is 6.37. The fourth-order valence-corrected chi connectivity index (χ4v) is 4.76. The Morgan fingerprint density at radius 2 is 1.20 bits per heavy atom. The minimum Gasteiger partial charge on any atom is -0.274 e. The summed E-state index contributed by atoms with van der Waals surface area (Å²) in [5, 5.41) is 0. The third kappa shape index (κ3) is 2.12. The molecule has 4 atom stereocenters. The highest BCUT2D eigenvalue weighted by Crippen LogP contribution is 2.50. The third-order valence-corrected chi connectivity index (χ3v) is 5.99. The Hall–Kier alpha value is -2.68. The van der Waals surface area contributed by atoms with Crippen molar-refractivity contribution >= 4 is 17.5 Å².